The number of anilines is 1. The van der Waals surface area contributed by atoms with E-state index in [0.717, 1.165) is 41.7 Å². The maximum atomic E-state index is 12.1. The molecule has 1 saturated carbocycles. The second-order valence-electron chi connectivity index (χ2n) is 8.65. The lowest BCUT2D eigenvalue weighted by Crippen LogP contribution is -2.29. The molecule has 3 aromatic rings. The maximum Gasteiger partial charge on any atom is 0.306 e. The number of carbonyl (C=O) groups excluding carboxylic acids is 1. The van der Waals surface area contributed by atoms with Gasteiger partial charge in [-0.2, -0.15) is 0 Å². The molecule has 0 aliphatic heterocycles. The van der Waals surface area contributed by atoms with Crippen LogP contribution in [0.5, 0.6) is 0 Å². The summed E-state index contributed by atoms with van der Waals surface area (Å²) in [6.45, 7) is 5.76. The van der Waals surface area contributed by atoms with Crippen molar-refractivity contribution in [3.8, 4) is 0 Å². The predicted molar refractivity (Wildman–Crippen MR) is 115 cm³/mol. The fourth-order valence-electron chi connectivity index (χ4n) is 3.99. The quantitative estimate of drug-likeness (QED) is 0.585. The molecule has 0 radical (unpaired) electrons. The topological polar surface area (TPSA) is 64.1 Å². The summed E-state index contributed by atoms with van der Waals surface area (Å²) >= 11 is 1.71. The molecule has 5 nitrogen and oxygen atoms in total. The van der Waals surface area contributed by atoms with Gasteiger partial charge in [0, 0.05) is 22.5 Å². The van der Waals surface area contributed by atoms with E-state index in [4.69, 9.17) is 4.74 Å². The molecule has 0 atom stereocenters. The SMILES string of the molecule is CC(C)(C)OC(=O)CC1CCC(Nc2ncnc3sc4ccccc4c23)CC1. The van der Waals surface area contributed by atoms with E-state index in [0.29, 0.717) is 18.4 Å². The van der Waals surface area contributed by atoms with Gasteiger partial charge in [-0.15, -0.1) is 11.3 Å². The van der Waals surface area contributed by atoms with Gasteiger partial charge < -0.3 is 10.1 Å². The largest absolute Gasteiger partial charge is 0.460 e. The molecule has 0 unspecified atom stereocenters. The van der Waals surface area contributed by atoms with Crippen LogP contribution in [0.2, 0.25) is 0 Å². The molecule has 0 saturated heterocycles. The zero-order valence-corrected chi connectivity index (χ0v) is 17.5. The lowest BCUT2D eigenvalue weighted by Gasteiger charge is -2.30. The van der Waals surface area contributed by atoms with Crippen molar-refractivity contribution in [2.24, 2.45) is 5.92 Å². The fraction of sp³-hybridized carbons (Fsp3) is 0.500. The monoisotopic (exact) mass is 397 g/mol. The average molecular weight is 398 g/mol. The van der Waals surface area contributed by atoms with E-state index in [1.54, 1.807) is 17.7 Å². The first kappa shape index (κ1) is 19.1. The van der Waals surface area contributed by atoms with E-state index >= 15 is 0 Å². The number of thiophene rings is 1. The summed E-state index contributed by atoms with van der Waals surface area (Å²) in [5, 5.41) is 5.99. The van der Waals surface area contributed by atoms with Crippen LogP contribution in [-0.2, 0) is 9.53 Å². The fourth-order valence-corrected chi connectivity index (χ4v) is 5.03. The highest BCUT2D eigenvalue weighted by Gasteiger charge is 2.26. The van der Waals surface area contributed by atoms with Gasteiger partial charge in [-0.1, -0.05) is 18.2 Å². The number of rotatable bonds is 4. The lowest BCUT2D eigenvalue weighted by molar-refractivity contribution is -0.156. The summed E-state index contributed by atoms with van der Waals surface area (Å²) in [5.74, 6) is 1.27. The predicted octanol–water partition coefficient (Wildman–Crippen LogP) is 5.55. The zero-order valence-electron chi connectivity index (χ0n) is 16.7. The molecular formula is C22H27N3O2S. The van der Waals surface area contributed by atoms with E-state index in [-0.39, 0.29) is 5.97 Å². The summed E-state index contributed by atoms with van der Waals surface area (Å²) < 4.78 is 6.71. The maximum absolute atomic E-state index is 12.1. The van der Waals surface area contributed by atoms with Crippen molar-refractivity contribution in [2.45, 2.75) is 64.5 Å². The van der Waals surface area contributed by atoms with Crippen molar-refractivity contribution in [1.82, 2.24) is 9.97 Å². The van der Waals surface area contributed by atoms with Crippen LogP contribution in [-0.4, -0.2) is 27.6 Å². The van der Waals surface area contributed by atoms with Gasteiger partial charge in [-0.25, -0.2) is 9.97 Å². The first-order valence-electron chi connectivity index (χ1n) is 10.00. The van der Waals surface area contributed by atoms with Crippen LogP contribution in [0.4, 0.5) is 5.82 Å². The number of fused-ring (bicyclic) bond motifs is 3. The van der Waals surface area contributed by atoms with Gasteiger partial charge in [-0.3, -0.25) is 4.79 Å². The normalized spacial score (nSPS) is 20.4. The van der Waals surface area contributed by atoms with Crippen molar-refractivity contribution < 1.29 is 9.53 Å². The minimum Gasteiger partial charge on any atom is -0.460 e. The molecule has 1 N–H and O–H groups in total. The van der Waals surface area contributed by atoms with Crippen LogP contribution >= 0.6 is 11.3 Å². The Morgan fingerprint density at radius 3 is 2.68 bits per heavy atom. The van der Waals surface area contributed by atoms with Crippen molar-refractivity contribution in [3.63, 3.8) is 0 Å². The number of ether oxygens (including phenoxy) is 1. The van der Waals surface area contributed by atoms with Crippen LogP contribution in [0.25, 0.3) is 20.3 Å². The van der Waals surface area contributed by atoms with Crippen molar-refractivity contribution in [1.29, 1.82) is 0 Å². The van der Waals surface area contributed by atoms with Crippen LogP contribution in [0.3, 0.4) is 0 Å². The van der Waals surface area contributed by atoms with E-state index in [1.807, 2.05) is 20.8 Å². The minimum absolute atomic E-state index is 0.0776. The Kier molecular flexibility index (Phi) is 5.23. The highest BCUT2D eigenvalue weighted by atomic mass is 32.1. The Hall–Kier alpha value is -2.21. The standard InChI is InChI=1S/C22H27N3O2S/c1-22(2,3)27-18(26)12-14-8-10-15(11-9-14)25-20-19-16-6-4-5-7-17(16)28-21(19)24-13-23-20/h4-7,13-15H,8-12H2,1-3H3,(H,23,24,25). The second-order valence-corrected chi connectivity index (χ2v) is 9.68. The Morgan fingerprint density at radius 1 is 1.18 bits per heavy atom. The summed E-state index contributed by atoms with van der Waals surface area (Å²) in [5.41, 5.74) is -0.405. The second kappa shape index (κ2) is 7.66. The Labute approximate surface area is 169 Å². The minimum atomic E-state index is -0.405. The molecule has 0 spiro atoms. The number of carbonyl (C=O) groups is 1. The van der Waals surface area contributed by atoms with E-state index in [2.05, 4.69) is 39.6 Å². The third kappa shape index (κ3) is 4.27. The Morgan fingerprint density at radius 2 is 1.93 bits per heavy atom. The lowest BCUT2D eigenvalue weighted by atomic mass is 9.84. The van der Waals surface area contributed by atoms with Gasteiger partial charge in [0.15, 0.2) is 0 Å². The zero-order chi connectivity index (χ0) is 19.7. The number of benzene rings is 1. The molecule has 1 aliphatic carbocycles. The average Bonchev–Trinajstić information content (AvgIpc) is 3.01. The van der Waals surface area contributed by atoms with Gasteiger partial charge in [0.05, 0.1) is 5.39 Å². The molecule has 1 aliphatic rings. The first-order valence-corrected chi connectivity index (χ1v) is 10.8. The Balaban J connectivity index is 1.41. The summed E-state index contributed by atoms with van der Waals surface area (Å²) in [6.07, 6.45) is 6.33. The molecule has 1 fully saturated rings. The number of aromatic nitrogens is 2. The van der Waals surface area contributed by atoms with Gasteiger partial charge in [0.1, 0.15) is 22.6 Å². The molecule has 4 rings (SSSR count). The smallest absolute Gasteiger partial charge is 0.306 e. The van der Waals surface area contributed by atoms with Crippen molar-refractivity contribution in [3.05, 3.63) is 30.6 Å². The van der Waals surface area contributed by atoms with Gasteiger partial charge >= 0.3 is 5.97 Å². The third-order valence-electron chi connectivity index (χ3n) is 5.24. The van der Waals surface area contributed by atoms with Gasteiger partial charge in [0.2, 0.25) is 0 Å². The third-order valence-corrected chi connectivity index (χ3v) is 6.32. The van der Waals surface area contributed by atoms with Crippen LogP contribution < -0.4 is 5.32 Å². The molecule has 2 heterocycles. The van der Waals surface area contributed by atoms with E-state index < -0.39 is 5.60 Å². The molecule has 148 valence electrons. The molecular weight excluding hydrogens is 370 g/mol. The molecule has 0 bridgehead atoms. The number of nitrogens with zero attached hydrogens (tertiary/aromatic N) is 2. The van der Waals surface area contributed by atoms with Gasteiger partial charge in [0.25, 0.3) is 0 Å². The van der Waals surface area contributed by atoms with Crippen molar-refractivity contribution >= 4 is 43.4 Å². The molecule has 0 amide bonds. The summed E-state index contributed by atoms with van der Waals surface area (Å²) in [6, 6.07) is 8.78. The van der Waals surface area contributed by atoms with Crippen molar-refractivity contribution in [2.75, 3.05) is 5.32 Å². The highest BCUT2D eigenvalue weighted by Crippen LogP contribution is 2.37. The number of nitrogens with one attached hydrogen (secondary N) is 1. The van der Waals surface area contributed by atoms with E-state index in [1.165, 1.54) is 10.1 Å². The summed E-state index contributed by atoms with van der Waals surface area (Å²) in [7, 11) is 0. The van der Waals surface area contributed by atoms with Crippen LogP contribution in [0, 0.1) is 5.92 Å². The summed E-state index contributed by atoms with van der Waals surface area (Å²) in [4.78, 5) is 22.1. The van der Waals surface area contributed by atoms with E-state index in [9.17, 15) is 4.79 Å². The van der Waals surface area contributed by atoms with Crippen LogP contribution in [0.1, 0.15) is 52.9 Å². The van der Waals surface area contributed by atoms with Gasteiger partial charge in [-0.05, 0) is 58.4 Å². The molecule has 28 heavy (non-hydrogen) atoms. The Bertz CT molecular complexity index is 984. The number of hydrogen-bond acceptors (Lipinski definition) is 6. The molecule has 1 aromatic carbocycles. The number of esters is 1. The molecule has 6 heteroatoms. The molecule has 2 aromatic heterocycles. The highest BCUT2D eigenvalue weighted by molar-refractivity contribution is 7.25. The van der Waals surface area contributed by atoms with Crippen LogP contribution in [0.15, 0.2) is 30.6 Å². The first-order chi connectivity index (χ1) is 13.4. The number of hydrogen-bond donors (Lipinski definition) is 1.